The number of rotatable bonds is 8. The van der Waals surface area contributed by atoms with Crippen molar-refractivity contribution in [2.45, 2.75) is 63.6 Å². The lowest BCUT2D eigenvalue weighted by molar-refractivity contribution is 0.114. The van der Waals surface area contributed by atoms with Crippen LogP contribution in [0, 0.1) is 0 Å². The summed E-state index contributed by atoms with van der Waals surface area (Å²) < 4.78 is 13.2. The van der Waals surface area contributed by atoms with Crippen LogP contribution in [-0.2, 0) is 17.7 Å². The minimum Gasteiger partial charge on any atom is -0.469 e. The number of aliphatic imine (C=N–C) groups is 1. The van der Waals surface area contributed by atoms with Gasteiger partial charge in [0.05, 0.1) is 30.6 Å². The summed E-state index contributed by atoms with van der Waals surface area (Å²) in [5, 5.41) is 11.6. The van der Waals surface area contributed by atoms with Gasteiger partial charge in [-0.25, -0.2) is 4.99 Å². The average Bonchev–Trinajstić information content (AvgIpc) is 3.50. The molecule has 2 N–H and O–H groups in total. The largest absolute Gasteiger partial charge is 0.469 e. The highest BCUT2D eigenvalue weighted by atomic mass is 127. The van der Waals surface area contributed by atoms with Crippen LogP contribution in [0.4, 0.5) is 0 Å². The Bertz CT molecular complexity index is 734. The molecule has 0 aromatic carbocycles. The number of hydrogen-bond acceptors (Lipinski definition) is 4. The van der Waals surface area contributed by atoms with Crippen LogP contribution in [0.1, 0.15) is 56.0 Å². The molecule has 7 nitrogen and oxygen atoms in total. The number of aromatic nitrogens is 2. The van der Waals surface area contributed by atoms with Gasteiger partial charge in [0.2, 0.25) is 0 Å². The van der Waals surface area contributed by atoms with Gasteiger partial charge in [-0.15, -0.1) is 24.0 Å². The lowest BCUT2D eigenvalue weighted by Crippen LogP contribution is -2.41. The van der Waals surface area contributed by atoms with E-state index in [2.05, 4.69) is 27.6 Å². The lowest BCUT2D eigenvalue weighted by atomic mass is 10.2. The summed E-state index contributed by atoms with van der Waals surface area (Å²) in [4.78, 5) is 4.75. The van der Waals surface area contributed by atoms with E-state index < -0.39 is 0 Å². The number of nitrogens with zero attached hydrogens (tertiary/aromatic N) is 3. The summed E-state index contributed by atoms with van der Waals surface area (Å²) in [5.74, 6) is 1.78. The summed E-state index contributed by atoms with van der Waals surface area (Å²) in [6.45, 7) is 2.98. The Kier molecular flexibility index (Phi) is 8.85. The molecule has 1 saturated heterocycles. The van der Waals surface area contributed by atoms with Crippen molar-refractivity contribution in [1.82, 2.24) is 20.4 Å². The van der Waals surface area contributed by atoms with Crippen LogP contribution < -0.4 is 10.6 Å². The van der Waals surface area contributed by atoms with Crippen LogP contribution in [0.25, 0.3) is 0 Å². The van der Waals surface area contributed by atoms with Crippen molar-refractivity contribution in [2.24, 2.45) is 4.99 Å². The number of guanidine groups is 1. The second kappa shape index (κ2) is 11.6. The van der Waals surface area contributed by atoms with E-state index in [9.17, 15) is 0 Å². The predicted octanol–water partition coefficient (Wildman–Crippen LogP) is 3.67. The van der Waals surface area contributed by atoms with E-state index in [-0.39, 0.29) is 30.1 Å². The molecule has 2 fully saturated rings. The van der Waals surface area contributed by atoms with E-state index in [1.165, 1.54) is 25.7 Å². The summed E-state index contributed by atoms with van der Waals surface area (Å²) in [6.07, 6.45) is 12.3. The second-order valence-corrected chi connectivity index (χ2v) is 7.66. The highest BCUT2D eigenvalue weighted by molar-refractivity contribution is 14.0. The first-order valence-electron chi connectivity index (χ1n) is 10.6. The molecule has 2 aromatic heterocycles. The third-order valence-electron chi connectivity index (χ3n) is 5.53. The standard InChI is InChI=1S/C21H31N5O2.HI/c1-2-6-18(5-1)26-12-10-17(25-26)15-23-21(24-16-20-8-4-14-28-20)22-11-9-19-7-3-13-27-19;/h3,7,10,12-13,18,20H,1-2,4-6,8-9,11,14-16H2,(H2,22,23,24);1H. The molecule has 0 amide bonds. The molecule has 0 bridgehead atoms. The first-order chi connectivity index (χ1) is 13.9. The van der Waals surface area contributed by atoms with E-state index in [0.717, 1.165) is 56.4 Å². The molecular formula is C21H32IN5O2. The van der Waals surface area contributed by atoms with Gasteiger partial charge in [0.25, 0.3) is 0 Å². The molecule has 0 radical (unpaired) electrons. The van der Waals surface area contributed by atoms with Crippen molar-refractivity contribution in [3.8, 4) is 0 Å². The minimum absolute atomic E-state index is 0. The quantitative estimate of drug-likeness (QED) is 0.320. The second-order valence-electron chi connectivity index (χ2n) is 7.66. The topological polar surface area (TPSA) is 76.6 Å². The van der Waals surface area contributed by atoms with Crippen molar-refractivity contribution in [3.63, 3.8) is 0 Å². The van der Waals surface area contributed by atoms with Crippen molar-refractivity contribution < 1.29 is 9.15 Å². The average molecular weight is 513 g/mol. The normalized spacial score (nSPS) is 20.0. The fraction of sp³-hybridized carbons (Fsp3) is 0.619. The van der Waals surface area contributed by atoms with E-state index in [1.54, 1.807) is 6.26 Å². The molecule has 1 aliphatic carbocycles. The Morgan fingerprint density at radius 3 is 2.83 bits per heavy atom. The van der Waals surface area contributed by atoms with Gasteiger partial charge in [-0.2, -0.15) is 5.10 Å². The van der Waals surface area contributed by atoms with E-state index in [1.807, 2.05) is 12.1 Å². The molecule has 2 aromatic rings. The van der Waals surface area contributed by atoms with Gasteiger partial charge >= 0.3 is 0 Å². The maximum atomic E-state index is 5.71. The Morgan fingerprint density at radius 2 is 2.07 bits per heavy atom. The van der Waals surface area contributed by atoms with Crippen LogP contribution >= 0.6 is 24.0 Å². The molecule has 1 aliphatic heterocycles. The van der Waals surface area contributed by atoms with Gasteiger partial charge in [-0.05, 0) is 43.9 Å². The van der Waals surface area contributed by atoms with Crippen LogP contribution in [0.15, 0.2) is 40.1 Å². The van der Waals surface area contributed by atoms with Gasteiger partial charge in [-0.1, -0.05) is 12.8 Å². The molecule has 3 heterocycles. The van der Waals surface area contributed by atoms with E-state index >= 15 is 0 Å². The molecule has 0 spiro atoms. The van der Waals surface area contributed by atoms with Gasteiger partial charge in [-0.3, -0.25) is 4.68 Å². The minimum atomic E-state index is 0. The van der Waals surface area contributed by atoms with Gasteiger partial charge in [0, 0.05) is 32.3 Å². The molecular weight excluding hydrogens is 481 g/mol. The number of furan rings is 1. The summed E-state index contributed by atoms with van der Waals surface area (Å²) in [7, 11) is 0. The lowest BCUT2D eigenvalue weighted by Gasteiger charge is -2.15. The van der Waals surface area contributed by atoms with E-state index in [0.29, 0.717) is 12.6 Å². The maximum Gasteiger partial charge on any atom is 0.191 e. The Labute approximate surface area is 189 Å². The molecule has 1 unspecified atom stereocenters. The van der Waals surface area contributed by atoms with E-state index in [4.69, 9.17) is 19.2 Å². The van der Waals surface area contributed by atoms with Gasteiger partial charge in [0.1, 0.15) is 5.76 Å². The van der Waals surface area contributed by atoms with Crippen molar-refractivity contribution in [1.29, 1.82) is 0 Å². The third-order valence-corrected chi connectivity index (χ3v) is 5.53. The number of ether oxygens (including phenoxy) is 1. The number of halogens is 1. The van der Waals surface area contributed by atoms with Crippen LogP contribution in [-0.4, -0.2) is 41.5 Å². The zero-order valence-corrected chi connectivity index (χ0v) is 19.2. The number of hydrogen-bond donors (Lipinski definition) is 2. The number of nitrogens with one attached hydrogen (secondary N) is 2. The molecule has 29 heavy (non-hydrogen) atoms. The fourth-order valence-corrected chi connectivity index (χ4v) is 3.94. The van der Waals surface area contributed by atoms with Gasteiger partial charge < -0.3 is 19.8 Å². The summed E-state index contributed by atoms with van der Waals surface area (Å²) in [5.41, 5.74) is 1.01. The summed E-state index contributed by atoms with van der Waals surface area (Å²) in [6, 6.07) is 6.57. The van der Waals surface area contributed by atoms with Crippen molar-refractivity contribution in [2.75, 3.05) is 19.7 Å². The zero-order chi connectivity index (χ0) is 19.0. The van der Waals surface area contributed by atoms with Crippen LogP contribution in [0.5, 0.6) is 0 Å². The Morgan fingerprint density at radius 1 is 1.17 bits per heavy atom. The van der Waals surface area contributed by atoms with Gasteiger partial charge in [0.15, 0.2) is 5.96 Å². The third kappa shape index (κ3) is 6.74. The SMILES string of the molecule is I.c1coc(CCNC(=NCc2ccn(C3CCCC3)n2)NCC2CCCO2)c1. The highest BCUT2D eigenvalue weighted by Gasteiger charge is 2.18. The summed E-state index contributed by atoms with van der Waals surface area (Å²) >= 11 is 0. The molecule has 1 atom stereocenters. The first-order valence-corrected chi connectivity index (χ1v) is 10.6. The smallest absolute Gasteiger partial charge is 0.191 e. The molecule has 2 aliphatic rings. The Balaban J connectivity index is 0.00000240. The zero-order valence-electron chi connectivity index (χ0n) is 16.9. The molecule has 4 rings (SSSR count). The molecule has 1 saturated carbocycles. The monoisotopic (exact) mass is 513 g/mol. The highest BCUT2D eigenvalue weighted by Crippen LogP contribution is 2.28. The maximum absolute atomic E-state index is 5.71. The molecule has 160 valence electrons. The van der Waals surface area contributed by atoms with Crippen molar-refractivity contribution in [3.05, 3.63) is 42.1 Å². The Hall–Kier alpha value is -1.55. The van der Waals surface area contributed by atoms with Crippen LogP contribution in [0.2, 0.25) is 0 Å². The van der Waals surface area contributed by atoms with Crippen molar-refractivity contribution >= 4 is 29.9 Å². The predicted molar refractivity (Wildman–Crippen MR) is 124 cm³/mol. The fourth-order valence-electron chi connectivity index (χ4n) is 3.94. The molecule has 8 heteroatoms. The van der Waals surface area contributed by atoms with Crippen LogP contribution in [0.3, 0.4) is 0 Å². The first kappa shape index (κ1) is 22.1.